The van der Waals surface area contributed by atoms with E-state index < -0.39 is 0 Å². The van der Waals surface area contributed by atoms with E-state index in [1.165, 1.54) is 0 Å². The van der Waals surface area contributed by atoms with Crippen molar-refractivity contribution in [2.45, 2.75) is 26.7 Å². The summed E-state index contributed by atoms with van der Waals surface area (Å²) in [5.74, 6) is 0.877. The van der Waals surface area contributed by atoms with Crippen LogP contribution in [0.1, 0.15) is 25.3 Å². The molecule has 0 N–H and O–H groups in total. The standard InChI is InChI=1S/C11H15NO/c1-3-4-5-8-13-11-6-7-12-9-10(11)2/h5-9H,3-4H2,1-2H3. The van der Waals surface area contributed by atoms with Crippen LogP contribution >= 0.6 is 0 Å². The molecule has 0 saturated heterocycles. The van der Waals surface area contributed by atoms with Gasteiger partial charge in [0.1, 0.15) is 5.75 Å². The van der Waals surface area contributed by atoms with E-state index >= 15 is 0 Å². The van der Waals surface area contributed by atoms with Crippen molar-refractivity contribution in [2.24, 2.45) is 0 Å². The number of ether oxygens (including phenoxy) is 1. The van der Waals surface area contributed by atoms with Gasteiger partial charge in [0.15, 0.2) is 0 Å². The van der Waals surface area contributed by atoms with E-state index in [2.05, 4.69) is 11.9 Å². The summed E-state index contributed by atoms with van der Waals surface area (Å²) >= 11 is 0. The van der Waals surface area contributed by atoms with Crippen molar-refractivity contribution >= 4 is 0 Å². The van der Waals surface area contributed by atoms with E-state index in [-0.39, 0.29) is 0 Å². The number of aromatic nitrogens is 1. The van der Waals surface area contributed by atoms with Crippen LogP contribution in [-0.2, 0) is 0 Å². The van der Waals surface area contributed by atoms with Crippen LogP contribution in [-0.4, -0.2) is 4.98 Å². The summed E-state index contributed by atoms with van der Waals surface area (Å²) in [5, 5.41) is 0. The Morgan fingerprint density at radius 1 is 1.54 bits per heavy atom. The van der Waals surface area contributed by atoms with Gasteiger partial charge in [-0.3, -0.25) is 4.98 Å². The van der Waals surface area contributed by atoms with Gasteiger partial charge in [-0.2, -0.15) is 0 Å². The molecule has 0 aliphatic carbocycles. The molecular formula is C11H15NO. The zero-order valence-corrected chi connectivity index (χ0v) is 8.16. The number of hydrogen-bond acceptors (Lipinski definition) is 2. The third-order valence-electron chi connectivity index (χ3n) is 1.72. The summed E-state index contributed by atoms with van der Waals surface area (Å²) in [4.78, 5) is 3.99. The van der Waals surface area contributed by atoms with Gasteiger partial charge in [0.2, 0.25) is 0 Å². The van der Waals surface area contributed by atoms with Crippen LogP contribution in [0, 0.1) is 6.92 Å². The first kappa shape index (κ1) is 9.78. The molecule has 0 aliphatic heterocycles. The highest BCUT2D eigenvalue weighted by Gasteiger charge is 1.94. The average molecular weight is 177 g/mol. The molecule has 0 bridgehead atoms. The fourth-order valence-corrected chi connectivity index (χ4v) is 0.949. The summed E-state index contributed by atoms with van der Waals surface area (Å²) in [6.07, 6.45) is 9.50. The molecule has 0 amide bonds. The molecule has 70 valence electrons. The molecular weight excluding hydrogens is 162 g/mol. The third-order valence-corrected chi connectivity index (χ3v) is 1.72. The second-order valence-corrected chi connectivity index (χ2v) is 2.92. The van der Waals surface area contributed by atoms with Gasteiger partial charge in [0, 0.05) is 18.0 Å². The fraction of sp³-hybridized carbons (Fsp3) is 0.364. The lowest BCUT2D eigenvalue weighted by molar-refractivity contribution is 0.474. The summed E-state index contributed by atoms with van der Waals surface area (Å²) in [6.45, 7) is 4.12. The summed E-state index contributed by atoms with van der Waals surface area (Å²) in [7, 11) is 0. The Morgan fingerprint density at radius 2 is 2.38 bits per heavy atom. The lowest BCUT2D eigenvalue weighted by Gasteiger charge is -2.01. The summed E-state index contributed by atoms with van der Waals surface area (Å²) < 4.78 is 5.42. The minimum atomic E-state index is 0.877. The average Bonchev–Trinajstić information content (AvgIpc) is 2.15. The van der Waals surface area contributed by atoms with Gasteiger partial charge in [-0.05, 0) is 25.5 Å². The van der Waals surface area contributed by atoms with Crippen LogP contribution in [0.25, 0.3) is 0 Å². The van der Waals surface area contributed by atoms with Crippen LogP contribution in [0.3, 0.4) is 0 Å². The van der Waals surface area contributed by atoms with Crippen molar-refractivity contribution in [1.29, 1.82) is 0 Å². The topological polar surface area (TPSA) is 22.1 Å². The number of allylic oxidation sites excluding steroid dienone is 1. The maximum absolute atomic E-state index is 5.42. The molecule has 1 heterocycles. The van der Waals surface area contributed by atoms with Crippen molar-refractivity contribution in [2.75, 3.05) is 0 Å². The molecule has 0 radical (unpaired) electrons. The molecule has 0 spiro atoms. The second kappa shape index (κ2) is 5.36. The number of nitrogens with zero attached hydrogens (tertiary/aromatic N) is 1. The van der Waals surface area contributed by atoms with Crippen LogP contribution < -0.4 is 4.74 Å². The van der Waals surface area contributed by atoms with Gasteiger partial charge < -0.3 is 4.74 Å². The number of rotatable bonds is 4. The largest absolute Gasteiger partial charge is 0.465 e. The monoisotopic (exact) mass is 177 g/mol. The molecule has 1 aromatic heterocycles. The lowest BCUT2D eigenvalue weighted by atomic mass is 10.3. The van der Waals surface area contributed by atoms with Crippen LogP contribution in [0.5, 0.6) is 5.75 Å². The molecule has 13 heavy (non-hydrogen) atoms. The Morgan fingerprint density at radius 3 is 3.08 bits per heavy atom. The first-order valence-corrected chi connectivity index (χ1v) is 4.57. The van der Waals surface area contributed by atoms with Crippen molar-refractivity contribution < 1.29 is 4.74 Å². The quantitative estimate of drug-likeness (QED) is 0.659. The maximum Gasteiger partial charge on any atom is 0.132 e. The molecule has 0 fully saturated rings. The molecule has 0 aromatic carbocycles. The van der Waals surface area contributed by atoms with E-state index in [1.807, 2.05) is 19.1 Å². The van der Waals surface area contributed by atoms with E-state index in [0.717, 1.165) is 24.2 Å². The normalized spacial score (nSPS) is 10.6. The summed E-state index contributed by atoms with van der Waals surface area (Å²) in [6, 6.07) is 1.87. The first-order valence-electron chi connectivity index (χ1n) is 4.57. The Hall–Kier alpha value is -1.31. The van der Waals surface area contributed by atoms with Gasteiger partial charge in [-0.1, -0.05) is 13.3 Å². The Labute approximate surface area is 79.3 Å². The Bertz CT molecular complexity index is 281. The molecule has 1 aromatic rings. The number of unbranched alkanes of at least 4 members (excludes halogenated alkanes) is 1. The smallest absolute Gasteiger partial charge is 0.132 e. The van der Waals surface area contributed by atoms with Crippen LogP contribution in [0.4, 0.5) is 0 Å². The maximum atomic E-state index is 5.42. The zero-order valence-electron chi connectivity index (χ0n) is 8.16. The minimum Gasteiger partial charge on any atom is -0.465 e. The Kier molecular flexibility index (Phi) is 4.03. The van der Waals surface area contributed by atoms with Gasteiger partial charge in [0.25, 0.3) is 0 Å². The fourth-order valence-electron chi connectivity index (χ4n) is 0.949. The molecule has 0 unspecified atom stereocenters. The Balaban J connectivity index is 2.49. The summed E-state index contributed by atoms with van der Waals surface area (Å²) in [5.41, 5.74) is 1.06. The molecule has 2 heteroatoms. The first-order chi connectivity index (χ1) is 6.34. The SMILES string of the molecule is CCCC=COc1ccncc1C. The number of hydrogen-bond donors (Lipinski definition) is 0. The van der Waals surface area contributed by atoms with Gasteiger partial charge >= 0.3 is 0 Å². The van der Waals surface area contributed by atoms with Crippen molar-refractivity contribution in [1.82, 2.24) is 4.98 Å². The zero-order chi connectivity index (χ0) is 9.52. The van der Waals surface area contributed by atoms with Crippen molar-refractivity contribution in [3.8, 4) is 5.75 Å². The van der Waals surface area contributed by atoms with Crippen LogP contribution in [0.2, 0.25) is 0 Å². The van der Waals surface area contributed by atoms with Crippen molar-refractivity contribution in [3.05, 3.63) is 36.4 Å². The third kappa shape index (κ3) is 3.28. The predicted molar refractivity (Wildman–Crippen MR) is 53.7 cm³/mol. The highest BCUT2D eigenvalue weighted by atomic mass is 16.5. The lowest BCUT2D eigenvalue weighted by Crippen LogP contribution is -1.86. The number of pyridine rings is 1. The second-order valence-electron chi connectivity index (χ2n) is 2.92. The molecule has 0 aliphatic rings. The highest BCUT2D eigenvalue weighted by Crippen LogP contribution is 2.14. The number of aryl methyl sites for hydroxylation is 1. The van der Waals surface area contributed by atoms with E-state index in [9.17, 15) is 0 Å². The molecule has 1 rings (SSSR count). The van der Waals surface area contributed by atoms with E-state index in [1.54, 1.807) is 18.7 Å². The molecule has 0 atom stereocenters. The molecule has 0 saturated carbocycles. The van der Waals surface area contributed by atoms with Gasteiger partial charge in [-0.25, -0.2) is 0 Å². The van der Waals surface area contributed by atoms with E-state index in [0.29, 0.717) is 0 Å². The highest BCUT2D eigenvalue weighted by molar-refractivity contribution is 5.28. The van der Waals surface area contributed by atoms with Gasteiger partial charge in [-0.15, -0.1) is 0 Å². The minimum absolute atomic E-state index is 0.877. The van der Waals surface area contributed by atoms with Crippen LogP contribution in [0.15, 0.2) is 30.8 Å². The predicted octanol–water partition coefficient (Wildman–Crippen LogP) is 3.08. The van der Waals surface area contributed by atoms with Crippen molar-refractivity contribution in [3.63, 3.8) is 0 Å². The molecule has 2 nitrogen and oxygen atoms in total. The van der Waals surface area contributed by atoms with E-state index in [4.69, 9.17) is 4.74 Å². The van der Waals surface area contributed by atoms with Gasteiger partial charge in [0.05, 0.1) is 6.26 Å².